The fraction of sp³-hybridized carbons (Fsp3) is 0.769. The van der Waals surface area contributed by atoms with Crippen molar-refractivity contribution in [1.29, 1.82) is 0 Å². The number of hydrogen-bond donors (Lipinski definition) is 1. The Morgan fingerprint density at radius 1 is 0.786 bits per heavy atom. The Kier molecular flexibility index (Phi) is 6.84. The lowest BCUT2D eigenvalue weighted by Crippen LogP contribution is -2.70. The van der Waals surface area contributed by atoms with Crippen LogP contribution in [0.15, 0.2) is 12.3 Å². The molecule has 0 aliphatic rings. The molecule has 15 heteroatoms. The standard InChI is InChI=1S/C13H12F13NO/c1-4-5(2)7(28)27-6(3)8(14,15)9(16,17)10(18,19)11(20,21)12(22,23)13(24,25)26/h5H,3-4H2,1-2H3,(H,27,28). The van der Waals surface area contributed by atoms with Crippen molar-refractivity contribution in [3.63, 3.8) is 0 Å². The number of halogens is 13. The van der Waals surface area contributed by atoms with Gasteiger partial charge in [-0.25, -0.2) is 0 Å². The van der Waals surface area contributed by atoms with Crippen LogP contribution < -0.4 is 5.32 Å². The first kappa shape index (κ1) is 26.3. The number of carbonyl (C=O) groups is 1. The molecule has 1 N–H and O–H groups in total. The molecule has 0 heterocycles. The smallest absolute Gasteiger partial charge is 0.324 e. The second kappa shape index (κ2) is 7.28. The maximum atomic E-state index is 13.6. The van der Waals surface area contributed by atoms with E-state index in [1.165, 1.54) is 6.92 Å². The highest BCUT2D eigenvalue weighted by molar-refractivity contribution is 5.80. The van der Waals surface area contributed by atoms with Crippen LogP contribution in [0.25, 0.3) is 0 Å². The van der Waals surface area contributed by atoms with E-state index in [4.69, 9.17) is 0 Å². The van der Waals surface area contributed by atoms with Gasteiger partial charge < -0.3 is 5.32 Å². The highest BCUT2D eigenvalue weighted by Gasteiger charge is 2.91. The monoisotopic (exact) mass is 445 g/mol. The first-order valence-corrected chi connectivity index (χ1v) is 7.00. The molecule has 0 rings (SSSR count). The van der Waals surface area contributed by atoms with Gasteiger partial charge in [-0.05, 0) is 6.42 Å². The minimum Gasteiger partial charge on any atom is -0.324 e. The minimum absolute atomic E-state index is 0.0902. The number of amides is 1. The third-order valence-electron chi connectivity index (χ3n) is 3.65. The van der Waals surface area contributed by atoms with Gasteiger partial charge in [0.15, 0.2) is 0 Å². The first-order valence-electron chi connectivity index (χ1n) is 7.00. The van der Waals surface area contributed by atoms with Gasteiger partial charge in [0.1, 0.15) is 0 Å². The van der Waals surface area contributed by atoms with Crippen LogP contribution in [0.4, 0.5) is 57.1 Å². The average molecular weight is 445 g/mol. The molecule has 0 radical (unpaired) electrons. The summed E-state index contributed by atoms with van der Waals surface area (Å²) in [7, 11) is 0. The van der Waals surface area contributed by atoms with Gasteiger partial charge in [0.05, 0.1) is 5.70 Å². The predicted molar refractivity (Wildman–Crippen MR) is 67.5 cm³/mol. The van der Waals surface area contributed by atoms with Crippen molar-refractivity contribution in [2.24, 2.45) is 5.92 Å². The summed E-state index contributed by atoms with van der Waals surface area (Å²) < 4.78 is 168. The van der Waals surface area contributed by atoms with Crippen molar-refractivity contribution < 1.29 is 61.9 Å². The highest BCUT2D eigenvalue weighted by Crippen LogP contribution is 2.60. The van der Waals surface area contributed by atoms with E-state index in [9.17, 15) is 61.9 Å². The quantitative estimate of drug-likeness (QED) is 0.498. The summed E-state index contributed by atoms with van der Waals surface area (Å²) in [6.45, 7) is 4.45. The Bertz CT molecular complexity index is 608. The molecule has 0 aromatic heterocycles. The van der Waals surface area contributed by atoms with E-state index in [-0.39, 0.29) is 6.42 Å². The fourth-order valence-corrected chi connectivity index (χ4v) is 1.49. The molecule has 0 aromatic rings. The Labute approximate surface area is 148 Å². The Morgan fingerprint density at radius 3 is 1.46 bits per heavy atom. The van der Waals surface area contributed by atoms with E-state index >= 15 is 0 Å². The van der Waals surface area contributed by atoms with Crippen LogP contribution in [0.3, 0.4) is 0 Å². The molecule has 1 atom stereocenters. The molecule has 1 unspecified atom stereocenters. The lowest BCUT2D eigenvalue weighted by atomic mass is 9.92. The summed E-state index contributed by atoms with van der Waals surface area (Å²) in [4.78, 5) is 11.3. The molecule has 0 aliphatic carbocycles. The molecule has 1 amide bonds. The molecule has 0 fully saturated rings. The van der Waals surface area contributed by atoms with Crippen LogP contribution >= 0.6 is 0 Å². The van der Waals surface area contributed by atoms with Gasteiger partial charge in [-0.1, -0.05) is 20.4 Å². The highest BCUT2D eigenvalue weighted by atomic mass is 19.4. The third kappa shape index (κ3) is 3.75. The van der Waals surface area contributed by atoms with Crippen LogP contribution in [0.1, 0.15) is 20.3 Å². The molecule has 0 saturated carbocycles. The maximum Gasteiger partial charge on any atom is 0.460 e. The van der Waals surface area contributed by atoms with Gasteiger partial charge in [-0.2, -0.15) is 57.1 Å². The lowest BCUT2D eigenvalue weighted by molar-refractivity contribution is -0.437. The summed E-state index contributed by atoms with van der Waals surface area (Å²) >= 11 is 0. The van der Waals surface area contributed by atoms with Gasteiger partial charge >= 0.3 is 35.8 Å². The van der Waals surface area contributed by atoms with Crippen molar-refractivity contribution in [3.8, 4) is 0 Å². The zero-order chi connectivity index (χ0) is 23.1. The zero-order valence-corrected chi connectivity index (χ0v) is 13.8. The van der Waals surface area contributed by atoms with E-state index in [1.807, 2.05) is 0 Å². The molecule has 0 bridgehead atoms. The zero-order valence-electron chi connectivity index (χ0n) is 13.8. The largest absolute Gasteiger partial charge is 0.460 e. The minimum atomic E-state index is -7.99. The topological polar surface area (TPSA) is 29.1 Å². The number of nitrogens with one attached hydrogen (secondary N) is 1. The average Bonchev–Trinajstić information content (AvgIpc) is 2.51. The fourth-order valence-electron chi connectivity index (χ4n) is 1.49. The molecule has 166 valence electrons. The Morgan fingerprint density at radius 2 is 1.14 bits per heavy atom. The van der Waals surface area contributed by atoms with E-state index < -0.39 is 53.3 Å². The maximum absolute atomic E-state index is 13.6. The summed E-state index contributed by atoms with van der Waals surface area (Å²) in [5.74, 6) is -40.5. The van der Waals surface area contributed by atoms with Crippen molar-refractivity contribution in [2.45, 2.75) is 56.1 Å². The molecular formula is C13H12F13NO. The van der Waals surface area contributed by atoms with Crippen LogP contribution in [-0.4, -0.2) is 41.7 Å². The summed E-state index contributed by atoms with van der Waals surface area (Å²) in [5, 5.41) is 0.918. The second-order valence-corrected chi connectivity index (χ2v) is 5.65. The molecule has 0 aromatic carbocycles. The second-order valence-electron chi connectivity index (χ2n) is 5.65. The van der Waals surface area contributed by atoms with Crippen LogP contribution in [0, 0.1) is 5.92 Å². The van der Waals surface area contributed by atoms with E-state index in [2.05, 4.69) is 6.58 Å². The molecule has 2 nitrogen and oxygen atoms in total. The van der Waals surface area contributed by atoms with Crippen molar-refractivity contribution in [1.82, 2.24) is 5.32 Å². The van der Waals surface area contributed by atoms with Gasteiger partial charge in [-0.3, -0.25) is 4.79 Å². The number of allylic oxidation sites excluding steroid dienone is 1. The predicted octanol–water partition coefficient (Wildman–Crippen LogP) is 5.40. The van der Waals surface area contributed by atoms with Gasteiger partial charge in [0, 0.05) is 5.92 Å². The normalized spacial score (nSPS) is 16.0. The van der Waals surface area contributed by atoms with Crippen molar-refractivity contribution in [2.75, 3.05) is 0 Å². The van der Waals surface area contributed by atoms with Crippen molar-refractivity contribution in [3.05, 3.63) is 12.3 Å². The lowest BCUT2D eigenvalue weighted by Gasteiger charge is -2.40. The molecule has 0 spiro atoms. The SMILES string of the molecule is C=C(NC(=O)C(C)CC)C(F)(F)C(F)(F)C(F)(F)C(F)(F)C(F)(F)C(F)(F)F. The Balaban J connectivity index is 6.18. The first-order chi connectivity index (χ1) is 12.0. The summed E-state index contributed by atoms with van der Waals surface area (Å²) in [5.41, 5.74) is -2.60. The number of rotatable bonds is 8. The van der Waals surface area contributed by atoms with E-state index in [1.54, 1.807) is 0 Å². The Hall–Kier alpha value is -1.70. The number of carbonyl (C=O) groups excluding carboxylic acids is 1. The van der Waals surface area contributed by atoms with E-state index in [0.29, 0.717) is 0 Å². The number of hydrogen-bond acceptors (Lipinski definition) is 1. The third-order valence-corrected chi connectivity index (χ3v) is 3.65. The van der Waals surface area contributed by atoms with Gasteiger partial charge in [0.2, 0.25) is 5.91 Å². The summed E-state index contributed by atoms with van der Waals surface area (Å²) in [6, 6.07) is 0. The van der Waals surface area contributed by atoms with Crippen LogP contribution in [0.5, 0.6) is 0 Å². The van der Waals surface area contributed by atoms with Crippen LogP contribution in [0.2, 0.25) is 0 Å². The van der Waals surface area contributed by atoms with E-state index in [0.717, 1.165) is 12.2 Å². The number of alkyl halides is 13. The van der Waals surface area contributed by atoms with Gasteiger partial charge in [0.25, 0.3) is 0 Å². The molecule has 28 heavy (non-hydrogen) atoms. The summed E-state index contributed by atoms with van der Waals surface area (Å²) in [6.07, 6.45) is -7.57. The van der Waals surface area contributed by atoms with Gasteiger partial charge in [-0.15, -0.1) is 0 Å². The van der Waals surface area contributed by atoms with Crippen LogP contribution in [-0.2, 0) is 4.79 Å². The van der Waals surface area contributed by atoms with Crippen molar-refractivity contribution >= 4 is 5.91 Å². The molecule has 0 saturated heterocycles. The molecular weight excluding hydrogens is 433 g/mol. The molecule has 0 aliphatic heterocycles.